The van der Waals surface area contributed by atoms with Crippen molar-refractivity contribution in [2.45, 2.75) is 12.8 Å². The largest absolute Gasteiger partial charge is 0.508 e. The first-order valence-corrected chi connectivity index (χ1v) is 4.11. The Morgan fingerprint density at radius 2 is 2.25 bits per heavy atom. The lowest BCUT2D eigenvalue weighted by Crippen LogP contribution is -2.25. The molecule has 1 aliphatic rings. The van der Waals surface area contributed by atoms with Crippen LogP contribution in [0.3, 0.4) is 0 Å². The molecular weight excluding hydrogens is 149 g/mol. The van der Waals surface area contributed by atoms with Gasteiger partial charge in [-0.25, -0.2) is 0 Å². The molecule has 0 unspecified atom stereocenters. The van der Waals surface area contributed by atoms with E-state index in [1.807, 2.05) is 6.07 Å². The van der Waals surface area contributed by atoms with Gasteiger partial charge >= 0.3 is 0 Å². The summed E-state index contributed by atoms with van der Waals surface area (Å²) in [4.78, 5) is 1.73. The van der Waals surface area contributed by atoms with Crippen LogP contribution < -0.4 is 4.81 Å². The van der Waals surface area contributed by atoms with Gasteiger partial charge in [0, 0.05) is 12.2 Å². The van der Waals surface area contributed by atoms with Crippen molar-refractivity contribution in [1.82, 2.24) is 0 Å². The van der Waals surface area contributed by atoms with Gasteiger partial charge in [0.25, 0.3) is 0 Å². The molecule has 0 fully saturated rings. The summed E-state index contributed by atoms with van der Waals surface area (Å²) in [5, 5.41) is 9.22. The average Bonchev–Trinajstić information content (AvgIpc) is 2.04. The molecule has 1 aromatic carbocycles. The Bertz CT molecular complexity index is 301. The Labute approximate surface area is 73.2 Å². The number of hydrogen-bond acceptors (Lipinski definition) is 2. The van der Waals surface area contributed by atoms with Crippen molar-refractivity contribution in [3.63, 3.8) is 0 Å². The first kappa shape index (κ1) is 7.53. The van der Waals surface area contributed by atoms with Gasteiger partial charge < -0.3 is 9.92 Å². The van der Waals surface area contributed by atoms with Crippen LogP contribution in [0.15, 0.2) is 18.2 Å². The molecule has 0 aromatic heterocycles. The summed E-state index contributed by atoms with van der Waals surface area (Å²) in [6.07, 6.45) is 2.07. The van der Waals surface area contributed by atoms with Gasteiger partial charge in [-0.15, -0.1) is 0 Å². The second kappa shape index (κ2) is 2.74. The first-order chi connectivity index (χ1) is 5.77. The van der Waals surface area contributed by atoms with Gasteiger partial charge in [0.05, 0.1) is 0 Å². The molecule has 2 nitrogen and oxygen atoms in total. The van der Waals surface area contributed by atoms with Crippen LogP contribution in [-0.4, -0.2) is 19.6 Å². The van der Waals surface area contributed by atoms with E-state index in [-0.39, 0.29) is 0 Å². The standard InChI is InChI=1S/C9H10BNO/c10-11-5-1-2-7-6-8(12)3-4-9(7)11/h3-4,6,12H,1-2,5H2. The number of benzene rings is 1. The molecule has 0 saturated carbocycles. The van der Waals surface area contributed by atoms with E-state index in [2.05, 4.69) is 0 Å². The molecule has 1 heterocycles. The Balaban J connectivity index is 2.46. The Morgan fingerprint density at radius 3 is 3.08 bits per heavy atom. The van der Waals surface area contributed by atoms with Gasteiger partial charge in [-0.05, 0) is 36.6 Å². The summed E-state index contributed by atoms with van der Waals surface area (Å²) in [5.74, 6) is 0.323. The van der Waals surface area contributed by atoms with Crippen molar-refractivity contribution in [3.8, 4) is 5.75 Å². The summed E-state index contributed by atoms with van der Waals surface area (Å²) < 4.78 is 0. The van der Waals surface area contributed by atoms with Crippen molar-refractivity contribution in [2.75, 3.05) is 11.4 Å². The van der Waals surface area contributed by atoms with Crippen LogP contribution in [0.25, 0.3) is 0 Å². The molecule has 12 heavy (non-hydrogen) atoms. The van der Waals surface area contributed by atoms with Gasteiger partial charge in [0.2, 0.25) is 7.98 Å². The van der Waals surface area contributed by atoms with Gasteiger partial charge in [0.1, 0.15) is 5.75 Å². The molecule has 60 valence electrons. The number of phenols is 1. The lowest BCUT2D eigenvalue weighted by atomic mass is 9.99. The van der Waals surface area contributed by atoms with Gasteiger partial charge in [-0.2, -0.15) is 0 Å². The van der Waals surface area contributed by atoms with E-state index in [9.17, 15) is 5.11 Å². The molecule has 1 aliphatic heterocycles. The lowest BCUT2D eigenvalue weighted by Gasteiger charge is -2.28. The minimum atomic E-state index is 0.323. The molecule has 0 bridgehead atoms. The Morgan fingerprint density at radius 1 is 1.42 bits per heavy atom. The number of aryl methyl sites for hydroxylation is 1. The van der Waals surface area contributed by atoms with Crippen LogP contribution in [-0.2, 0) is 6.42 Å². The van der Waals surface area contributed by atoms with Crippen LogP contribution >= 0.6 is 0 Å². The molecule has 0 atom stereocenters. The van der Waals surface area contributed by atoms with Crippen LogP contribution in [0.4, 0.5) is 5.69 Å². The average molecular weight is 159 g/mol. The number of anilines is 1. The summed E-state index contributed by atoms with van der Waals surface area (Å²) in [6.45, 7) is 0.901. The molecule has 0 aliphatic carbocycles. The van der Waals surface area contributed by atoms with Crippen molar-refractivity contribution < 1.29 is 5.11 Å². The third-order valence-corrected chi connectivity index (χ3v) is 2.22. The van der Waals surface area contributed by atoms with E-state index in [4.69, 9.17) is 7.98 Å². The van der Waals surface area contributed by atoms with E-state index < -0.39 is 0 Å². The Kier molecular flexibility index (Phi) is 1.72. The zero-order valence-electron chi connectivity index (χ0n) is 6.83. The molecule has 2 rings (SSSR count). The minimum absolute atomic E-state index is 0.323. The second-order valence-electron chi connectivity index (χ2n) is 3.11. The fourth-order valence-electron chi connectivity index (χ4n) is 1.61. The van der Waals surface area contributed by atoms with E-state index >= 15 is 0 Å². The molecule has 1 aromatic rings. The zero-order valence-corrected chi connectivity index (χ0v) is 6.83. The van der Waals surface area contributed by atoms with Crippen LogP contribution in [0.2, 0.25) is 0 Å². The first-order valence-electron chi connectivity index (χ1n) is 4.11. The topological polar surface area (TPSA) is 23.5 Å². The highest BCUT2D eigenvalue weighted by molar-refractivity contribution is 6.18. The summed E-state index contributed by atoms with van der Waals surface area (Å²) >= 11 is 0. The third kappa shape index (κ3) is 1.15. The predicted octanol–water partition coefficient (Wildman–Crippen LogP) is 1.23. The molecule has 0 amide bonds. The Hall–Kier alpha value is -1.12. The number of phenolic OH excluding ortho intramolecular Hbond substituents is 1. The summed E-state index contributed by atoms with van der Waals surface area (Å²) in [7, 11) is 5.75. The number of rotatable bonds is 0. The number of fused-ring (bicyclic) bond motifs is 1. The van der Waals surface area contributed by atoms with Gasteiger partial charge in [0.15, 0.2) is 0 Å². The maximum Gasteiger partial charge on any atom is 0.226 e. The number of aromatic hydroxyl groups is 1. The van der Waals surface area contributed by atoms with E-state index in [1.54, 1.807) is 16.9 Å². The highest BCUT2D eigenvalue weighted by atomic mass is 16.3. The van der Waals surface area contributed by atoms with E-state index in [0.717, 1.165) is 30.6 Å². The fraction of sp³-hybridized carbons (Fsp3) is 0.333. The molecule has 0 saturated heterocycles. The van der Waals surface area contributed by atoms with Crippen LogP contribution in [0, 0.1) is 0 Å². The zero-order chi connectivity index (χ0) is 8.55. The molecular formula is C9H10BNO. The minimum Gasteiger partial charge on any atom is -0.508 e. The fourth-order valence-corrected chi connectivity index (χ4v) is 1.61. The molecule has 1 N–H and O–H groups in total. The third-order valence-electron chi connectivity index (χ3n) is 2.22. The predicted molar refractivity (Wildman–Crippen MR) is 49.5 cm³/mol. The highest BCUT2D eigenvalue weighted by Gasteiger charge is 2.12. The van der Waals surface area contributed by atoms with Crippen molar-refractivity contribution in [3.05, 3.63) is 23.8 Å². The van der Waals surface area contributed by atoms with Crippen molar-refractivity contribution in [2.24, 2.45) is 0 Å². The summed E-state index contributed by atoms with van der Waals surface area (Å²) in [6, 6.07) is 5.32. The number of nitrogens with zero attached hydrogens (tertiary/aromatic N) is 1. The van der Waals surface area contributed by atoms with Crippen LogP contribution in [0.1, 0.15) is 12.0 Å². The smallest absolute Gasteiger partial charge is 0.226 e. The summed E-state index contributed by atoms with van der Waals surface area (Å²) in [5.41, 5.74) is 2.18. The van der Waals surface area contributed by atoms with Gasteiger partial charge in [-0.1, -0.05) is 0 Å². The lowest BCUT2D eigenvalue weighted by molar-refractivity contribution is 0.474. The van der Waals surface area contributed by atoms with E-state index in [1.165, 1.54) is 0 Å². The van der Waals surface area contributed by atoms with Crippen molar-refractivity contribution >= 4 is 13.7 Å². The monoisotopic (exact) mass is 159 g/mol. The quantitative estimate of drug-likeness (QED) is 0.575. The highest BCUT2D eigenvalue weighted by Crippen LogP contribution is 2.28. The normalized spacial score (nSPS) is 15.8. The molecule has 2 radical (unpaired) electrons. The van der Waals surface area contributed by atoms with Crippen molar-refractivity contribution in [1.29, 1.82) is 0 Å². The maximum absolute atomic E-state index is 9.22. The maximum atomic E-state index is 9.22. The van der Waals surface area contributed by atoms with Crippen LogP contribution in [0.5, 0.6) is 5.75 Å². The number of hydrogen-bond donors (Lipinski definition) is 1. The second-order valence-corrected chi connectivity index (χ2v) is 3.11. The van der Waals surface area contributed by atoms with Gasteiger partial charge in [-0.3, -0.25) is 0 Å². The molecule has 0 spiro atoms. The van der Waals surface area contributed by atoms with E-state index in [0.29, 0.717) is 5.75 Å². The SMILES string of the molecule is [B]N1CCCc2cc(O)ccc21. The molecule has 3 heteroatoms.